The van der Waals surface area contributed by atoms with Crippen molar-refractivity contribution in [1.82, 2.24) is 15.0 Å². The number of nitrogens with zero attached hydrogens (tertiary/aromatic N) is 3. The molecule has 2 N–H and O–H groups in total. The normalized spacial score (nSPS) is 24.7. The van der Waals surface area contributed by atoms with Gasteiger partial charge in [0.25, 0.3) is 0 Å². The Morgan fingerprint density at radius 2 is 2.10 bits per heavy atom. The first-order chi connectivity index (χ1) is 9.58. The average molecular weight is 315 g/mol. The number of carbonyl (C=O) groups is 1. The minimum absolute atomic E-state index is 0. The van der Waals surface area contributed by atoms with E-state index in [1.165, 1.54) is 0 Å². The molecular weight excluding hydrogens is 292 g/mol. The van der Waals surface area contributed by atoms with Gasteiger partial charge in [-0.05, 0) is 32.6 Å². The largest absolute Gasteiger partial charge is 0.340 e. The van der Waals surface area contributed by atoms with Gasteiger partial charge in [0.05, 0.1) is 11.5 Å². The fraction of sp³-hybridized carbons (Fsp3) is 0.786. The van der Waals surface area contributed by atoms with Crippen molar-refractivity contribution < 1.29 is 9.32 Å². The smallest absolute Gasteiger partial charge is 0.242 e. The Morgan fingerprint density at radius 3 is 2.71 bits per heavy atom. The molecule has 3 rings (SSSR count). The van der Waals surface area contributed by atoms with Crippen molar-refractivity contribution in [2.75, 3.05) is 13.1 Å². The van der Waals surface area contributed by atoms with Crippen LogP contribution in [-0.2, 0) is 4.79 Å². The summed E-state index contributed by atoms with van der Waals surface area (Å²) in [5, 5.41) is 3.84. The van der Waals surface area contributed by atoms with Crippen LogP contribution in [0.2, 0.25) is 0 Å². The maximum Gasteiger partial charge on any atom is 0.242 e. The number of hydrogen-bond acceptors (Lipinski definition) is 5. The number of aromatic nitrogens is 2. The molecule has 6 nitrogen and oxygen atoms in total. The molecule has 2 aliphatic rings. The van der Waals surface area contributed by atoms with E-state index in [0.29, 0.717) is 18.3 Å². The number of halogens is 1. The van der Waals surface area contributed by atoms with Crippen LogP contribution in [0.25, 0.3) is 0 Å². The van der Waals surface area contributed by atoms with Gasteiger partial charge >= 0.3 is 0 Å². The lowest BCUT2D eigenvalue weighted by atomic mass is 9.92. The van der Waals surface area contributed by atoms with Crippen molar-refractivity contribution in [3.63, 3.8) is 0 Å². The van der Waals surface area contributed by atoms with E-state index in [1.807, 2.05) is 11.8 Å². The number of nitrogens with two attached hydrogens (primary N) is 1. The van der Waals surface area contributed by atoms with Crippen LogP contribution in [-0.4, -0.2) is 39.6 Å². The number of rotatable bonds is 2. The van der Waals surface area contributed by atoms with E-state index in [0.717, 1.165) is 45.1 Å². The molecule has 0 aromatic carbocycles. The van der Waals surface area contributed by atoms with Crippen LogP contribution < -0.4 is 5.73 Å². The maximum atomic E-state index is 12.6. The first-order valence-electron chi connectivity index (χ1n) is 7.47. The molecule has 1 aliphatic heterocycles. The van der Waals surface area contributed by atoms with Gasteiger partial charge in [-0.1, -0.05) is 18.0 Å². The van der Waals surface area contributed by atoms with Gasteiger partial charge < -0.3 is 15.2 Å². The summed E-state index contributed by atoms with van der Waals surface area (Å²) in [6, 6.07) is 0. The zero-order chi connectivity index (χ0) is 14.2. The standard InChI is InChI=1S/C14H22N4O2.ClH/c1-10-16-12(20-17-10)11-5-4-8-18(9-11)13(19)14(15)6-2-3-7-14;/h11H,2-9,15H2,1H3;1H. The molecule has 118 valence electrons. The van der Waals surface area contributed by atoms with Crippen LogP contribution in [0, 0.1) is 6.92 Å². The van der Waals surface area contributed by atoms with Crippen LogP contribution in [0.3, 0.4) is 0 Å². The quantitative estimate of drug-likeness (QED) is 0.899. The van der Waals surface area contributed by atoms with Gasteiger partial charge in [0, 0.05) is 13.1 Å². The van der Waals surface area contributed by atoms with E-state index in [-0.39, 0.29) is 24.2 Å². The van der Waals surface area contributed by atoms with E-state index in [9.17, 15) is 4.79 Å². The highest BCUT2D eigenvalue weighted by molar-refractivity contribution is 5.86. The third-order valence-electron chi connectivity index (χ3n) is 4.52. The molecule has 1 amide bonds. The van der Waals surface area contributed by atoms with Crippen LogP contribution >= 0.6 is 12.4 Å². The number of likely N-dealkylation sites (tertiary alicyclic amines) is 1. The van der Waals surface area contributed by atoms with Gasteiger partial charge in [-0.3, -0.25) is 4.79 Å². The lowest BCUT2D eigenvalue weighted by molar-refractivity contribution is -0.138. The molecule has 21 heavy (non-hydrogen) atoms. The lowest BCUT2D eigenvalue weighted by Crippen LogP contribution is -2.55. The van der Waals surface area contributed by atoms with Crippen molar-refractivity contribution in [1.29, 1.82) is 0 Å². The first kappa shape index (κ1) is 16.2. The fourth-order valence-electron chi connectivity index (χ4n) is 3.38. The van der Waals surface area contributed by atoms with E-state index in [1.54, 1.807) is 0 Å². The number of aryl methyl sites for hydroxylation is 1. The molecule has 7 heteroatoms. The summed E-state index contributed by atoms with van der Waals surface area (Å²) in [6.45, 7) is 3.26. The molecule has 2 heterocycles. The molecule has 2 fully saturated rings. The van der Waals surface area contributed by atoms with E-state index in [2.05, 4.69) is 10.1 Å². The van der Waals surface area contributed by atoms with Crippen LogP contribution in [0.4, 0.5) is 0 Å². The second-order valence-electron chi connectivity index (χ2n) is 6.13. The lowest BCUT2D eigenvalue weighted by Gasteiger charge is -2.36. The first-order valence-corrected chi connectivity index (χ1v) is 7.47. The number of piperidine rings is 1. The number of hydrogen-bond donors (Lipinski definition) is 1. The van der Waals surface area contributed by atoms with Gasteiger partial charge in [-0.2, -0.15) is 4.98 Å². The summed E-state index contributed by atoms with van der Waals surface area (Å²) in [4.78, 5) is 18.8. The zero-order valence-electron chi connectivity index (χ0n) is 12.4. The van der Waals surface area contributed by atoms with Gasteiger partial charge in [-0.25, -0.2) is 0 Å². The highest BCUT2D eigenvalue weighted by Crippen LogP contribution is 2.32. The highest BCUT2D eigenvalue weighted by Gasteiger charge is 2.41. The van der Waals surface area contributed by atoms with Gasteiger partial charge in [0.15, 0.2) is 5.82 Å². The Hall–Kier alpha value is -1.14. The van der Waals surface area contributed by atoms with Crippen molar-refractivity contribution in [2.45, 2.75) is 56.9 Å². The van der Waals surface area contributed by atoms with Crippen LogP contribution in [0.1, 0.15) is 56.2 Å². The van der Waals surface area contributed by atoms with Crippen LogP contribution in [0.5, 0.6) is 0 Å². The topological polar surface area (TPSA) is 85.2 Å². The van der Waals surface area contributed by atoms with E-state index >= 15 is 0 Å². The summed E-state index contributed by atoms with van der Waals surface area (Å²) in [5.41, 5.74) is 5.65. The summed E-state index contributed by atoms with van der Waals surface area (Å²) in [7, 11) is 0. The van der Waals surface area contributed by atoms with Gasteiger partial charge in [0.2, 0.25) is 11.8 Å². The Kier molecular flexibility index (Phi) is 4.88. The number of carbonyl (C=O) groups excluding carboxylic acids is 1. The molecule has 0 bridgehead atoms. The van der Waals surface area contributed by atoms with Gasteiger partial charge in [-0.15, -0.1) is 12.4 Å². The molecule has 1 aliphatic carbocycles. The zero-order valence-corrected chi connectivity index (χ0v) is 13.2. The highest BCUT2D eigenvalue weighted by atomic mass is 35.5. The molecule has 1 aromatic rings. The Balaban J connectivity index is 0.00000161. The molecule has 1 saturated carbocycles. The minimum Gasteiger partial charge on any atom is -0.340 e. The van der Waals surface area contributed by atoms with E-state index in [4.69, 9.17) is 10.3 Å². The van der Waals surface area contributed by atoms with Crippen molar-refractivity contribution >= 4 is 18.3 Å². The summed E-state index contributed by atoms with van der Waals surface area (Å²) >= 11 is 0. The monoisotopic (exact) mass is 314 g/mol. The second kappa shape index (κ2) is 6.32. The molecule has 1 aromatic heterocycles. The number of amides is 1. The predicted octanol–water partition coefficient (Wildman–Crippen LogP) is 1.78. The van der Waals surface area contributed by atoms with Gasteiger partial charge in [0.1, 0.15) is 0 Å². The van der Waals surface area contributed by atoms with Crippen LogP contribution in [0.15, 0.2) is 4.52 Å². The minimum atomic E-state index is -0.632. The molecule has 1 atom stereocenters. The molecule has 1 saturated heterocycles. The maximum absolute atomic E-state index is 12.6. The predicted molar refractivity (Wildman–Crippen MR) is 80.2 cm³/mol. The Morgan fingerprint density at radius 1 is 1.38 bits per heavy atom. The fourth-order valence-corrected chi connectivity index (χ4v) is 3.38. The third kappa shape index (κ3) is 3.21. The SMILES string of the molecule is Cc1noc(C2CCCN(C(=O)C3(N)CCCC3)C2)n1.Cl. The molecule has 0 spiro atoms. The summed E-state index contributed by atoms with van der Waals surface area (Å²) < 4.78 is 5.25. The summed E-state index contributed by atoms with van der Waals surface area (Å²) in [5.74, 6) is 1.56. The third-order valence-corrected chi connectivity index (χ3v) is 4.52. The second-order valence-corrected chi connectivity index (χ2v) is 6.13. The van der Waals surface area contributed by atoms with Crippen molar-refractivity contribution in [3.8, 4) is 0 Å². The summed E-state index contributed by atoms with van der Waals surface area (Å²) in [6.07, 6.45) is 5.70. The molecule has 0 radical (unpaired) electrons. The van der Waals surface area contributed by atoms with E-state index < -0.39 is 5.54 Å². The Bertz CT molecular complexity index is 499. The molecular formula is C14H23ClN4O2. The van der Waals surface area contributed by atoms with Crippen molar-refractivity contribution in [3.05, 3.63) is 11.7 Å². The Labute approximate surface area is 130 Å². The van der Waals surface area contributed by atoms with Crippen molar-refractivity contribution in [2.24, 2.45) is 5.73 Å². The molecule has 1 unspecified atom stereocenters. The average Bonchev–Trinajstić information content (AvgIpc) is 3.08.